The number of rotatable bonds is 7. The van der Waals surface area contributed by atoms with E-state index in [1.54, 1.807) is 31.2 Å². The van der Waals surface area contributed by atoms with Crippen molar-refractivity contribution < 1.29 is 23.6 Å². The molecular formula is C19H17N3O6. The fourth-order valence-electron chi connectivity index (χ4n) is 2.37. The van der Waals surface area contributed by atoms with E-state index in [4.69, 9.17) is 13.9 Å². The number of nitro groups is 1. The zero-order valence-electron chi connectivity index (χ0n) is 15.2. The van der Waals surface area contributed by atoms with E-state index in [2.05, 4.69) is 10.2 Å². The van der Waals surface area contributed by atoms with Crippen LogP contribution in [0.25, 0.3) is 11.5 Å². The summed E-state index contributed by atoms with van der Waals surface area (Å²) >= 11 is 0. The Balaban J connectivity index is 1.67. The van der Waals surface area contributed by atoms with Crippen LogP contribution in [0.2, 0.25) is 0 Å². The first-order chi connectivity index (χ1) is 13.5. The number of hydrogen-bond donors (Lipinski definition) is 0. The van der Waals surface area contributed by atoms with Gasteiger partial charge in [-0.05, 0) is 50.2 Å². The van der Waals surface area contributed by atoms with Gasteiger partial charge in [0.05, 0.1) is 17.1 Å². The molecule has 0 spiro atoms. The lowest BCUT2D eigenvalue weighted by Gasteiger charge is -2.10. The highest BCUT2D eigenvalue weighted by atomic mass is 16.6. The predicted octanol–water partition coefficient (Wildman–Crippen LogP) is 3.96. The van der Waals surface area contributed by atoms with Gasteiger partial charge in [0.1, 0.15) is 5.75 Å². The third-order valence-electron chi connectivity index (χ3n) is 3.80. The minimum atomic E-state index is -0.765. The molecule has 0 aliphatic rings. The highest BCUT2D eigenvalue weighted by Crippen LogP contribution is 2.25. The molecule has 9 nitrogen and oxygen atoms in total. The largest absolute Gasteiger partial charge is 0.494 e. The van der Waals surface area contributed by atoms with Gasteiger partial charge in [-0.15, -0.1) is 10.2 Å². The molecule has 1 aromatic heterocycles. The summed E-state index contributed by atoms with van der Waals surface area (Å²) in [4.78, 5) is 22.5. The first-order valence-electron chi connectivity index (χ1n) is 8.50. The highest BCUT2D eigenvalue weighted by Gasteiger charge is 2.20. The summed E-state index contributed by atoms with van der Waals surface area (Å²) in [6.07, 6.45) is -0.765. The molecule has 0 amide bonds. The standard InChI is InChI=1S/C19H17N3O6/c1-3-26-16-10-6-14(7-11-16)19(23)27-12(2)17-20-21-18(28-17)13-4-8-15(9-5-13)22(24)25/h4-12H,3H2,1-2H3/t12-/m0/s1. The second kappa shape index (κ2) is 8.30. The van der Waals surface area contributed by atoms with Crippen molar-refractivity contribution in [2.24, 2.45) is 0 Å². The van der Waals surface area contributed by atoms with Crippen LogP contribution in [0, 0.1) is 10.1 Å². The average Bonchev–Trinajstić information content (AvgIpc) is 3.19. The summed E-state index contributed by atoms with van der Waals surface area (Å²) in [6.45, 7) is 4.02. The number of aromatic nitrogens is 2. The Morgan fingerprint density at radius 1 is 1.14 bits per heavy atom. The Bertz CT molecular complexity index is 966. The van der Waals surface area contributed by atoms with E-state index in [-0.39, 0.29) is 17.5 Å². The highest BCUT2D eigenvalue weighted by molar-refractivity contribution is 5.89. The third-order valence-corrected chi connectivity index (χ3v) is 3.80. The van der Waals surface area contributed by atoms with E-state index in [0.29, 0.717) is 23.5 Å². The van der Waals surface area contributed by atoms with Crippen LogP contribution in [-0.2, 0) is 4.74 Å². The van der Waals surface area contributed by atoms with E-state index in [1.807, 2.05) is 6.92 Å². The summed E-state index contributed by atoms with van der Waals surface area (Å²) in [7, 11) is 0. The van der Waals surface area contributed by atoms with Gasteiger partial charge in [0.2, 0.25) is 5.89 Å². The molecule has 1 heterocycles. The molecule has 0 aliphatic carbocycles. The monoisotopic (exact) mass is 383 g/mol. The van der Waals surface area contributed by atoms with Crippen LogP contribution in [0.4, 0.5) is 5.69 Å². The van der Waals surface area contributed by atoms with E-state index in [0.717, 1.165) is 0 Å². The molecule has 0 bridgehead atoms. The van der Waals surface area contributed by atoms with E-state index < -0.39 is 17.0 Å². The van der Waals surface area contributed by atoms with Gasteiger partial charge >= 0.3 is 5.97 Å². The van der Waals surface area contributed by atoms with Gasteiger partial charge in [-0.1, -0.05) is 0 Å². The molecule has 3 aromatic rings. The Kier molecular flexibility index (Phi) is 5.64. The van der Waals surface area contributed by atoms with Crippen molar-refractivity contribution in [3.63, 3.8) is 0 Å². The summed E-state index contributed by atoms with van der Waals surface area (Å²) in [6, 6.07) is 12.3. The van der Waals surface area contributed by atoms with Crippen molar-refractivity contribution in [2.45, 2.75) is 20.0 Å². The molecule has 28 heavy (non-hydrogen) atoms. The summed E-state index contributed by atoms with van der Waals surface area (Å²) < 4.78 is 16.2. The number of carbonyl (C=O) groups excluding carboxylic acids is 1. The number of nitrogens with zero attached hydrogens (tertiary/aromatic N) is 3. The second-order valence-electron chi connectivity index (χ2n) is 5.75. The van der Waals surface area contributed by atoms with E-state index in [9.17, 15) is 14.9 Å². The van der Waals surface area contributed by atoms with Crippen molar-refractivity contribution in [1.29, 1.82) is 0 Å². The molecule has 0 aliphatic heterocycles. The molecular weight excluding hydrogens is 366 g/mol. The second-order valence-corrected chi connectivity index (χ2v) is 5.75. The normalized spacial score (nSPS) is 11.6. The zero-order valence-corrected chi connectivity index (χ0v) is 15.2. The topological polar surface area (TPSA) is 118 Å². The molecule has 0 radical (unpaired) electrons. The van der Waals surface area contributed by atoms with Crippen LogP contribution in [0.5, 0.6) is 5.75 Å². The van der Waals surface area contributed by atoms with Gasteiger partial charge < -0.3 is 13.9 Å². The molecule has 0 saturated heterocycles. The Labute approximate surface area is 160 Å². The van der Waals surface area contributed by atoms with Crippen molar-refractivity contribution in [3.8, 4) is 17.2 Å². The lowest BCUT2D eigenvalue weighted by atomic mass is 10.2. The molecule has 0 fully saturated rings. The molecule has 1 atom stereocenters. The van der Waals surface area contributed by atoms with E-state index >= 15 is 0 Å². The van der Waals surface area contributed by atoms with Gasteiger partial charge in [-0.25, -0.2) is 4.79 Å². The molecule has 3 rings (SSSR count). The Hall–Kier alpha value is -3.75. The quantitative estimate of drug-likeness (QED) is 0.342. The summed E-state index contributed by atoms with van der Waals surface area (Å²) in [5.74, 6) is 0.420. The number of benzene rings is 2. The number of ether oxygens (including phenoxy) is 2. The van der Waals surface area contributed by atoms with Crippen molar-refractivity contribution in [2.75, 3.05) is 6.61 Å². The van der Waals surface area contributed by atoms with Gasteiger partial charge in [0.15, 0.2) is 6.10 Å². The SMILES string of the molecule is CCOc1ccc(C(=O)O[C@@H](C)c2nnc(-c3ccc([N+](=O)[O-])cc3)o2)cc1. The maximum atomic E-state index is 12.3. The lowest BCUT2D eigenvalue weighted by Crippen LogP contribution is -2.09. The van der Waals surface area contributed by atoms with Crippen LogP contribution in [0.15, 0.2) is 52.9 Å². The summed E-state index contributed by atoms with van der Waals surface area (Å²) in [5.41, 5.74) is 0.848. The number of carbonyl (C=O) groups is 1. The smallest absolute Gasteiger partial charge is 0.338 e. The number of hydrogen-bond acceptors (Lipinski definition) is 8. The van der Waals surface area contributed by atoms with Crippen LogP contribution in [0.3, 0.4) is 0 Å². The molecule has 0 unspecified atom stereocenters. The summed E-state index contributed by atoms with van der Waals surface area (Å²) in [5, 5.41) is 18.5. The predicted molar refractivity (Wildman–Crippen MR) is 97.8 cm³/mol. The Morgan fingerprint density at radius 3 is 2.43 bits per heavy atom. The minimum absolute atomic E-state index is 0.0406. The average molecular weight is 383 g/mol. The molecule has 0 N–H and O–H groups in total. The fraction of sp³-hybridized carbons (Fsp3) is 0.211. The fourth-order valence-corrected chi connectivity index (χ4v) is 2.37. The van der Waals surface area contributed by atoms with E-state index in [1.165, 1.54) is 24.3 Å². The molecule has 144 valence electrons. The number of non-ortho nitro benzene ring substituents is 1. The molecule has 9 heteroatoms. The van der Waals surface area contributed by atoms with Crippen LogP contribution >= 0.6 is 0 Å². The van der Waals surface area contributed by atoms with Crippen molar-refractivity contribution in [3.05, 3.63) is 70.1 Å². The maximum absolute atomic E-state index is 12.3. The first kappa shape index (κ1) is 19.0. The third kappa shape index (κ3) is 4.32. The van der Waals surface area contributed by atoms with Crippen LogP contribution in [-0.4, -0.2) is 27.7 Å². The molecule has 2 aromatic carbocycles. The van der Waals surface area contributed by atoms with Gasteiger partial charge in [0, 0.05) is 17.7 Å². The van der Waals surface area contributed by atoms with Gasteiger partial charge in [-0.3, -0.25) is 10.1 Å². The van der Waals surface area contributed by atoms with Gasteiger partial charge in [0.25, 0.3) is 11.6 Å². The van der Waals surface area contributed by atoms with Crippen molar-refractivity contribution in [1.82, 2.24) is 10.2 Å². The Morgan fingerprint density at radius 2 is 1.82 bits per heavy atom. The maximum Gasteiger partial charge on any atom is 0.338 e. The van der Waals surface area contributed by atoms with Crippen LogP contribution in [0.1, 0.15) is 36.2 Å². The minimum Gasteiger partial charge on any atom is -0.494 e. The molecule has 0 saturated carbocycles. The number of esters is 1. The zero-order chi connectivity index (χ0) is 20.1. The van der Waals surface area contributed by atoms with Gasteiger partial charge in [-0.2, -0.15) is 0 Å². The lowest BCUT2D eigenvalue weighted by molar-refractivity contribution is -0.384. The van der Waals surface area contributed by atoms with Crippen molar-refractivity contribution >= 4 is 11.7 Å². The first-order valence-corrected chi connectivity index (χ1v) is 8.50. The number of nitro benzene ring substituents is 1. The van der Waals surface area contributed by atoms with Crippen LogP contribution < -0.4 is 4.74 Å².